The molecule has 1 rings (SSSR count). The van der Waals surface area contributed by atoms with Crippen LogP contribution >= 0.6 is 0 Å². The van der Waals surface area contributed by atoms with Gasteiger partial charge >= 0.3 is 58.4 Å². The number of rotatable bonds is 3. The van der Waals surface area contributed by atoms with E-state index in [0.717, 1.165) is 12.1 Å². The fourth-order valence-corrected chi connectivity index (χ4v) is 1.06. The van der Waals surface area contributed by atoms with Crippen molar-refractivity contribution in [2.75, 3.05) is 11.9 Å². The summed E-state index contributed by atoms with van der Waals surface area (Å²) >= 11 is 0. The van der Waals surface area contributed by atoms with Crippen molar-refractivity contribution in [2.45, 2.75) is 6.92 Å². The molecule has 0 aliphatic rings. The van der Waals surface area contributed by atoms with E-state index in [2.05, 4.69) is 5.32 Å². The second kappa shape index (κ2) is 6.17. The van der Waals surface area contributed by atoms with Crippen LogP contribution in [0.15, 0.2) is 24.3 Å². The summed E-state index contributed by atoms with van der Waals surface area (Å²) in [5.41, 5.74) is -0.0438. The van der Waals surface area contributed by atoms with Gasteiger partial charge in [-0.25, -0.2) is 0 Å². The Hall–Kier alpha value is 0.511. The minimum Gasteiger partial charge on any atom is -0.445 e. The van der Waals surface area contributed by atoms with E-state index < -0.39 is 12.4 Å². The summed E-state index contributed by atoms with van der Waals surface area (Å²) in [6, 6.07) is 5.24. The summed E-state index contributed by atoms with van der Waals surface area (Å²) in [6.07, 6.45) is 0. The second-order valence-electron chi connectivity index (χ2n) is 2.73. The van der Waals surface area contributed by atoms with Gasteiger partial charge in [0.25, 0.3) is 0 Å². The van der Waals surface area contributed by atoms with Crippen LogP contribution in [0.3, 0.4) is 0 Å². The maximum Gasteiger partial charge on any atom is 1.00 e. The van der Waals surface area contributed by atoms with Crippen LogP contribution in [0.25, 0.3) is 0 Å². The van der Waals surface area contributed by atoms with Crippen molar-refractivity contribution < 1.29 is 64.3 Å². The summed E-state index contributed by atoms with van der Waals surface area (Å²) in [5.74, 6) is 0. The third kappa shape index (κ3) is 4.35. The van der Waals surface area contributed by atoms with Crippen molar-refractivity contribution >= 4 is 18.1 Å². The quantitative estimate of drug-likeness (QED) is 0.665. The standard InChI is InChI=1S/C8H10BF3N.K/c1-2-13-8-5-3-4-7(6-8)9(10,11)12;/h3-6,13H,2H2,1H3;/q-1;+1. The molecule has 0 saturated heterocycles. The molecular formula is C8H10BF3KN. The normalized spacial score (nSPS) is 10.6. The van der Waals surface area contributed by atoms with Crippen molar-refractivity contribution in [1.29, 1.82) is 0 Å². The van der Waals surface area contributed by atoms with Crippen LogP contribution < -0.4 is 62.2 Å². The molecule has 0 bridgehead atoms. The first-order chi connectivity index (χ1) is 6.04. The smallest absolute Gasteiger partial charge is 0.445 e. The first-order valence-corrected chi connectivity index (χ1v) is 4.08. The molecule has 1 N–H and O–H groups in total. The second-order valence-corrected chi connectivity index (χ2v) is 2.73. The molecule has 0 fully saturated rings. The van der Waals surface area contributed by atoms with Crippen LogP contribution in [0.1, 0.15) is 6.92 Å². The van der Waals surface area contributed by atoms with E-state index in [9.17, 15) is 12.9 Å². The minimum absolute atomic E-state index is 0. The van der Waals surface area contributed by atoms with Gasteiger partial charge in [0.2, 0.25) is 0 Å². The summed E-state index contributed by atoms with van der Waals surface area (Å²) in [7, 11) is 0. The molecule has 0 aliphatic heterocycles. The summed E-state index contributed by atoms with van der Waals surface area (Å²) in [5, 5.41) is 2.83. The van der Waals surface area contributed by atoms with Gasteiger partial charge in [0.1, 0.15) is 0 Å². The summed E-state index contributed by atoms with van der Waals surface area (Å²) < 4.78 is 36.7. The molecule has 0 heterocycles. The molecule has 0 amide bonds. The van der Waals surface area contributed by atoms with Gasteiger partial charge in [0.15, 0.2) is 0 Å². The van der Waals surface area contributed by atoms with Crippen LogP contribution in [-0.2, 0) is 0 Å². The Labute approximate surface area is 124 Å². The van der Waals surface area contributed by atoms with E-state index in [4.69, 9.17) is 0 Å². The third-order valence-electron chi connectivity index (χ3n) is 1.65. The molecule has 14 heavy (non-hydrogen) atoms. The molecule has 0 spiro atoms. The Balaban J connectivity index is 0.00000169. The Bertz CT molecular complexity index is 290. The minimum atomic E-state index is -4.88. The predicted octanol–water partition coefficient (Wildman–Crippen LogP) is -0.823. The monoisotopic (exact) mass is 227 g/mol. The first kappa shape index (κ1) is 14.5. The SMILES string of the molecule is CCNc1cccc([B-](F)(F)F)c1.[K+]. The zero-order valence-electron chi connectivity index (χ0n) is 8.23. The number of nitrogens with one attached hydrogen (secondary N) is 1. The predicted molar refractivity (Wildman–Crippen MR) is 49.3 cm³/mol. The Morgan fingerprint density at radius 1 is 1.29 bits per heavy atom. The molecule has 1 aromatic carbocycles. The number of halogens is 3. The molecule has 0 radical (unpaired) electrons. The average Bonchev–Trinajstić information content (AvgIpc) is 2.04. The van der Waals surface area contributed by atoms with Gasteiger partial charge in [-0.1, -0.05) is 18.2 Å². The van der Waals surface area contributed by atoms with Gasteiger partial charge in [-0.3, -0.25) is 0 Å². The topological polar surface area (TPSA) is 12.0 Å². The van der Waals surface area contributed by atoms with E-state index in [1.807, 2.05) is 6.92 Å². The van der Waals surface area contributed by atoms with Crippen LogP contribution in [0.5, 0.6) is 0 Å². The van der Waals surface area contributed by atoms with E-state index in [-0.39, 0.29) is 51.4 Å². The van der Waals surface area contributed by atoms with Crippen molar-refractivity contribution in [3.63, 3.8) is 0 Å². The van der Waals surface area contributed by atoms with Crippen molar-refractivity contribution in [2.24, 2.45) is 0 Å². The van der Waals surface area contributed by atoms with Gasteiger partial charge in [0.05, 0.1) is 0 Å². The van der Waals surface area contributed by atoms with Crippen LogP contribution in [0.2, 0.25) is 0 Å². The average molecular weight is 227 g/mol. The number of anilines is 1. The summed E-state index contributed by atoms with van der Waals surface area (Å²) in [6.45, 7) is -2.42. The molecular weight excluding hydrogens is 217 g/mol. The maximum atomic E-state index is 12.2. The van der Waals surface area contributed by atoms with E-state index >= 15 is 0 Å². The number of hydrogen-bond acceptors (Lipinski definition) is 1. The number of benzene rings is 1. The molecule has 0 atom stereocenters. The van der Waals surface area contributed by atoms with Crippen molar-refractivity contribution in [1.82, 2.24) is 0 Å². The fourth-order valence-electron chi connectivity index (χ4n) is 1.06. The van der Waals surface area contributed by atoms with Crippen LogP contribution in [0.4, 0.5) is 18.6 Å². The van der Waals surface area contributed by atoms with Crippen LogP contribution in [-0.4, -0.2) is 13.5 Å². The molecule has 0 aliphatic carbocycles. The van der Waals surface area contributed by atoms with Gasteiger partial charge in [0, 0.05) is 12.2 Å². The summed E-state index contributed by atoms with van der Waals surface area (Å²) in [4.78, 5) is 0. The third-order valence-corrected chi connectivity index (χ3v) is 1.65. The van der Waals surface area contributed by atoms with E-state index in [0.29, 0.717) is 12.2 Å². The molecule has 0 saturated carbocycles. The van der Waals surface area contributed by atoms with Crippen molar-refractivity contribution in [3.8, 4) is 0 Å². The van der Waals surface area contributed by atoms with Gasteiger partial charge in [-0.05, 0) is 13.0 Å². The molecule has 1 aromatic rings. The zero-order chi connectivity index (χ0) is 9.90. The molecule has 72 valence electrons. The number of hydrogen-bond donors (Lipinski definition) is 1. The van der Waals surface area contributed by atoms with Crippen LogP contribution in [0, 0.1) is 0 Å². The molecule has 0 aromatic heterocycles. The molecule has 6 heteroatoms. The Kier molecular flexibility index (Phi) is 6.40. The van der Waals surface area contributed by atoms with Gasteiger partial charge < -0.3 is 18.3 Å². The first-order valence-electron chi connectivity index (χ1n) is 4.08. The Morgan fingerprint density at radius 2 is 1.93 bits per heavy atom. The van der Waals surface area contributed by atoms with Crippen molar-refractivity contribution in [3.05, 3.63) is 24.3 Å². The fraction of sp³-hybridized carbons (Fsp3) is 0.250. The molecule has 0 unspecified atom stereocenters. The van der Waals surface area contributed by atoms with Gasteiger partial charge in [-0.2, -0.15) is 0 Å². The zero-order valence-corrected chi connectivity index (χ0v) is 11.4. The van der Waals surface area contributed by atoms with E-state index in [1.54, 1.807) is 6.07 Å². The van der Waals surface area contributed by atoms with E-state index in [1.165, 1.54) is 6.07 Å². The molecule has 1 nitrogen and oxygen atoms in total. The Morgan fingerprint density at radius 3 is 2.43 bits per heavy atom. The maximum absolute atomic E-state index is 12.2. The van der Waals surface area contributed by atoms with Gasteiger partial charge in [-0.15, -0.1) is 5.46 Å². The largest absolute Gasteiger partial charge is 1.00 e.